The molecule has 0 spiro atoms. The van der Waals surface area contributed by atoms with E-state index in [9.17, 15) is 4.79 Å². The number of likely N-dealkylation sites (tertiary alicyclic amines) is 1. The lowest BCUT2D eigenvalue weighted by Gasteiger charge is -2.34. The van der Waals surface area contributed by atoms with Gasteiger partial charge < -0.3 is 15.0 Å². The van der Waals surface area contributed by atoms with Crippen LogP contribution in [0.5, 0.6) is 0 Å². The number of rotatable bonds is 3. The maximum Gasteiger partial charge on any atom is 0.239 e. The van der Waals surface area contributed by atoms with Gasteiger partial charge in [-0.05, 0) is 24.7 Å². The minimum absolute atomic E-state index is 0.0460. The summed E-state index contributed by atoms with van der Waals surface area (Å²) in [4.78, 5) is 13.5. The van der Waals surface area contributed by atoms with E-state index < -0.39 is 0 Å². The molecule has 2 saturated heterocycles. The van der Waals surface area contributed by atoms with E-state index in [0.717, 1.165) is 45.6 Å². The molecule has 1 unspecified atom stereocenters. The average Bonchev–Trinajstić information content (AvgIpc) is 2.58. The molecule has 1 amide bonds. The van der Waals surface area contributed by atoms with Crippen LogP contribution in [0.15, 0.2) is 0 Å². The third kappa shape index (κ3) is 2.55. The third-order valence-electron chi connectivity index (χ3n) is 3.90. The second kappa shape index (κ2) is 4.72. The van der Waals surface area contributed by atoms with Gasteiger partial charge in [0, 0.05) is 33.4 Å². The van der Waals surface area contributed by atoms with Crippen molar-refractivity contribution in [2.45, 2.75) is 32.2 Å². The first-order valence-corrected chi connectivity index (χ1v) is 6.17. The van der Waals surface area contributed by atoms with Crippen molar-refractivity contribution in [2.75, 3.05) is 33.4 Å². The van der Waals surface area contributed by atoms with Gasteiger partial charge in [-0.15, -0.1) is 0 Å². The Hall–Kier alpha value is -0.610. The fourth-order valence-electron chi connectivity index (χ4n) is 2.42. The molecule has 0 aromatic carbocycles. The molecule has 2 rings (SSSR count). The van der Waals surface area contributed by atoms with Crippen molar-refractivity contribution in [3.63, 3.8) is 0 Å². The van der Waals surface area contributed by atoms with E-state index in [1.165, 1.54) is 0 Å². The van der Waals surface area contributed by atoms with Crippen molar-refractivity contribution in [1.82, 2.24) is 10.2 Å². The lowest BCUT2D eigenvalue weighted by molar-refractivity contribution is -0.128. The van der Waals surface area contributed by atoms with Crippen LogP contribution < -0.4 is 5.32 Å². The quantitative estimate of drug-likeness (QED) is 0.767. The van der Waals surface area contributed by atoms with Gasteiger partial charge >= 0.3 is 0 Å². The van der Waals surface area contributed by atoms with Crippen LogP contribution in [0, 0.1) is 5.41 Å². The first-order chi connectivity index (χ1) is 7.61. The van der Waals surface area contributed by atoms with Crippen LogP contribution in [-0.2, 0) is 9.53 Å². The number of hydrogen-bond acceptors (Lipinski definition) is 3. The highest BCUT2D eigenvalue weighted by molar-refractivity contribution is 5.83. The Bertz CT molecular complexity index is 262. The predicted octanol–water partition coefficient (Wildman–Crippen LogP) is 0.623. The molecule has 0 aromatic rings. The minimum Gasteiger partial charge on any atom is -0.381 e. The molecule has 2 heterocycles. The minimum atomic E-state index is 0.0460. The smallest absolute Gasteiger partial charge is 0.239 e. The number of nitrogens with zero attached hydrogens (tertiary/aromatic N) is 1. The maximum absolute atomic E-state index is 11.7. The van der Waals surface area contributed by atoms with Crippen LogP contribution in [0.25, 0.3) is 0 Å². The third-order valence-corrected chi connectivity index (χ3v) is 3.90. The van der Waals surface area contributed by atoms with Crippen LogP contribution in [0.3, 0.4) is 0 Å². The Morgan fingerprint density at radius 1 is 1.50 bits per heavy atom. The van der Waals surface area contributed by atoms with Crippen LogP contribution in [-0.4, -0.2) is 50.2 Å². The summed E-state index contributed by atoms with van der Waals surface area (Å²) in [6.45, 7) is 5.82. The molecule has 0 radical (unpaired) electrons. The molecule has 2 aliphatic heterocycles. The summed E-state index contributed by atoms with van der Waals surface area (Å²) in [7, 11) is 1.88. The first kappa shape index (κ1) is 11.9. The van der Waals surface area contributed by atoms with Gasteiger partial charge in [-0.2, -0.15) is 0 Å². The lowest BCUT2D eigenvalue weighted by atomic mass is 9.82. The largest absolute Gasteiger partial charge is 0.381 e. The standard InChI is InChI=1S/C12H22N2O2/c1-12(4-7-16-8-5-12)9-13-10-3-6-14(2)11(10)15/h10,13H,3-9H2,1-2H3. The Balaban J connectivity index is 1.80. The van der Waals surface area contributed by atoms with Crippen LogP contribution in [0.4, 0.5) is 0 Å². The summed E-state index contributed by atoms with van der Waals surface area (Å²) in [5.41, 5.74) is 0.305. The normalized spacial score (nSPS) is 29.8. The van der Waals surface area contributed by atoms with Crippen LogP contribution >= 0.6 is 0 Å². The summed E-state index contributed by atoms with van der Waals surface area (Å²) in [6, 6.07) is 0.0460. The molecule has 4 nitrogen and oxygen atoms in total. The Kier molecular flexibility index (Phi) is 3.50. The summed E-state index contributed by atoms with van der Waals surface area (Å²) in [6.07, 6.45) is 3.13. The van der Waals surface area contributed by atoms with Gasteiger partial charge in [-0.1, -0.05) is 6.92 Å². The number of likely N-dealkylation sites (N-methyl/N-ethyl adjacent to an activating group) is 1. The van der Waals surface area contributed by atoms with Crippen molar-refractivity contribution in [3.8, 4) is 0 Å². The molecule has 4 heteroatoms. The predicted molar refractivity (Wildman–Crippen MR) is 62.2 cm³/mol. The summed E-state index contributed by atoms with van der Waals surface area (Å²) in [5.74, 6) is 0.246. The first-order valence-electron chi connectivity index (χ1n) is 6.17. The van der Waals surface area contributed by atoms with E-state index in [-0.39, 0.29) is 11.9 Å². The molecular weight excluding hydrogens is 204 g/mol. The average molecular weight is 226 g/mol. The van der Waals surface area contributed by atoms with E-state index in [4.69, 9.17) is 4.74 Å². The van der Waals surface area contributed by atoms with Crippen molar-refractivity contribution in [2.24, 2.45) is 5.41 Å². The zero-order chi connectivity index (χ0) is 11.6. The SMILES string of the molecule is CN1CCC(NCC2(C)CCOCC2)C1=O. The fourth-order valence-corrected chi connectivity index (χ4v) is 2.42. The number of hydrogen-bond donors (Lipinski definition) is 1. The zero-order valence-electron chi connectivity index (χ0n) is 10.3. The fraction of sp³-hybridized carbons (Fsp3) is 0.917. The van der Waals surface area contributed by atoms with Gasteiger partial charge in [-0.25, -0.2) is 0 Å². The molecule has 16 heavy (non-hydrogen) atoms. The van der Waals surface area contributed by atoms with Crippen molar-refractivity contribution < 1.29 is 9.53 Å². The number of nitrogens with one attached hydrogen (secondary N) is 1. The van der Waals surface area contributed by atoms with Crippen molar-refractivity contribution in [3.05, 3.63) is 0 Å². The second-order valence-corrected chi connectivity index (χ2v) is 5.40. The van der Waals surface area contributed by atoms with Crippen molar-refractivity contribution >= 4 is 5.91 Å². The number of carbonyl (C=O) groups excluding carboxylic acids is 1. The molecule has 0 aliphatic carbocycles. The second-order valence-electron chi connectivity index (χ2n) is 5.40. The van der Waals surface area contributed by atoms with Gasteiger partial charge in [0.2, 0.25) is 5.91 Å². The van der Waals surface area contributed by atoms with Gasteiger partial charge in [0.05, 0.1) is 6.04 Å². The highest BCUT2D eigenvalue weighted by Gasteiger charge is 2.32. The summed E-state index contributed by atoms with van der Waals surface area (Å²) in [5, 5.41) is 3.43. The number of ether oxygens (including phenoxy) is 1. The van der Waals surface area contributed by atoms with Gasteiger partial charge in [0.1, 0.15) is 0 Å². The van der Waals surface area contributed by atoms with E-state index in [2.05, 4.69) is 12.2 Å². The van der Waals surface area contributed by atoms with Gasteiger partial charge in [0.25, 0.3) is 0 Å². The van der Waals surface area contributed by atoms with Gasteiger partial charge in [0.15, 0.2) is 0 Å². The molecule has 1 N–H and O–H groups in total. The highest BCUT2D eigenvalue weighted by Crippen LogP contribution is 2.29. The maximum atomic E-state index is 11.7. The Labute approximate surface area is 97.3 Å². The zero-order valence-corrected chi connectivity index (χ0v) is 10.3. The Morgan fingerprint density at radius 2 is 2.19 bits per heavy atom. The van der Waals surface area contributed by atoms with E-state index in [1.54, 1.807) is 0 Å². The topological polar surface area (TPSA) is 41.6 Å². The molecular formula is C12H22N2O2. The molecule has 2 aliphatic rings. The van der Waals surface area contributed by atoms with Gasteiger partial charge in [-0.3, -0.25) is 4.79 Å². The van der Waals surface area contributed by atoms with Crippen LogP contribution in [0.1, 0.15) is 26.2 Å². The molecule has 92 valence electrons. The van der Waals surface area contributed by atoms with E-state index in [0.29, 0.717) is 5.41 Å². The highest BCUT2D eigenvalue weighted by atomic mass is 16.5. The van der Waals surface area contributed by atoms with Crippen molar-refractivity contribution in [1.29, 1.82) is 0 Å². The molecule has 1 atom stereocenters. The van der Waals surface area contributed by atoms with Crippen LogP contribution in [0.2, 0.25) is 0 Å². The monoisotopic (exact) mass is 226 g/mol. The Morgan fingerprint density at radius 3 is 2.75 bits per heavy atom. The van der Waals surface area contributed by atoms with E-state index in [1.807, 2.05) is 11.9 Å². The molecule has 0 saturated carbocycles. The lowest BCUT2D eigenvalue weighted by Crippen LogP contribution is -2.44. The van der Waals surface area contributed by atoms with E-state index >= 15 is 0 Å². The summed E-state index contributed by atoms with van der Waals surface area (Å²) < 4.78 is 5.37. The molecule has 0 bridgehead atoms. The number of carbonyl (C=O) groups is 1. The summed E-state index contributed by atoms with van der Waals surface area (Å²) >= 11 is 0. The number of amides is 1. The molecule has 2 fully saturated rings. The molecule has 0 aromatic heterocycles.